The Hall–Kier alpha value is -2.71. The molecule has 0 aliphatic heterocycles. The van der Waals surface area contributed by atoms with Crippen molar-refractivity contribution in [1.82, 2.24) is 19.9 Å². The zero-order valence-electron chi connectivity index (χ0n) is 14.3. The van der Waals surface area contributed by atoms with Gasteiger partial charge in [-0.15, -0.1) is 0 Å². The zero-order valence-corrected chi connectivity index (χ0v) is 15.0. The van der Waals surface area contributed by atoms with E-state index in [2.05, 4.69) is 35.9 Å². The first kappa shape index (κ1) is 16.7. The molecule has 0 unspecified atom stereocenters. The average molecular weight is 372 g/mol. The highest BCUT2D eigenvalue weighted by Gasteiger charge is 2.31. The lowest BCUT2D eigenvalue weighted by Crippen LogP contribution is -2.22. The number of anilines is 3. The first-order chi connectivity index (χ1) is 12.6. The molecular weight excluding hydrogens is 354 g/mol. The third-order valence-electron chi connectivity index (χ3n) is 4.48. The molecule has 0 amide bonds. The molecule has 0 saturated carbocycles. The normalized spacial score (nSPS) is 18.6. The van der Waals surface area contributed by atoms with Gasteiger partial charge < -0.3 is 21.1 Å². The Kier molecular flexibility index (Phi) is 4.21. The number of nitrogens with one attached hydrogen (secondary N) is 3. The molecule has 1 aliphatic rings. The van der Waals surface area contributed by atoms with Crippen LogP contribution in [-0.2, 0) is 6.42 Å². The number of hydrogen-bond donors (Lipinski definition) is 4. The number of hydrogen-bond acceptors (Lipinski definition) is 8. The van der Waals surface area contributed by atoms with Gasteiger partial charge in [-0.2, -0.15) is 9.97 Å². The summed E-state index contributed by atoms with van der Waals surface area (Å²) in [6.45, 7) is 0. The van der Waals surface area contributed by atoms with Crippen LogP contribution in [0.15, 0.2) is 24.3 Å². The van der Waals surface area contributed by atoms with Gasteiger partial charge in [-0.05, 0) is 22.7 Å². The first-order valence-electron chi connectivity index (χ1n) is 8.24. The lowest BCUT2D eigenvalue weighted by atomic mass is 10.1. The van der Waals surface area contributed by atoms with Gasteiger partial charge in [-0.1, -0.05) is 24.3 Å². The summed E-state index contributed by atoms with van der Waals surface area (Å²) < 4.78 is 0. The lowest BCUT2D eigenvalue weighted by molar-refractivity contribution is 0.165. The van der Waals surface area contributed by atoms with Crippen molar-refractivity contribution in [1.29, 1.82) is 0 Å². The van der Waals surface area contributed by atoms with E-state index in [4.69, 9.17) is 11.6 Å². The number of benzene rings is 1. The number of fused-ring (bicyclic) bond motifs is 2. The summed E-state index contributed by atoms with van der Waals surface area (Å²) in [4.78, 5) is 17.4. The molecule has 2 aromatic heterocycles. The van der Waals surface area contributed by atoms with Gasteiger partial charge in [0.2, 0.25) is 11.2 Å². The Morgan fingerprint density at radius 3 is 2.46 bits per heavy atom. The molecule has 2 atom stereocenters. The van der Waals surface area contributed by atoms with Gasteiger partial charge >= 0.3 is 0 Å². The summed E-state index contributed by atoms with van der Waals surface area (Å²) in [5.41, 5.74) is 3.24. The highest BCUT2D eigenvalue weighted by molar-refractivity contribution is 6.29. The van der Waals surface area contributed by atoms with E-state index < -0.39 is 6.10 Å². The van der Waals surface area contributed by atoms with Crippen LogP contribution in [0.1, 0.15) is 17.2 Å². The maximum absolute atomic E-state index is 10.5. The number of nitrogens with zero attached hydrogens (tertiary/aromatic N) is 4. The second kappa shape index (κ2) is 6.54. The third kappa shape index (κ3) is 2.77. The van der Waals surface area contributed by atoms with E-state index >= 15 is 0 Å². The number of aliphatic hydroxyl groups is 1. The third-order valence-corrected chi connectivity index (χ3v) is 4.65. The minimum Gasteiger partial charge on any atom is -0.390 e. The largest absolute Gasteiger partial charge is 0.390 e. The number of halogens is 1. The minimum absolute atomic E-state index is 0.114. The van der Waals surface area contributed by atoms with Crippen LogP contribution in [0.4, 0.5) is 17.6 Å². The van der Waals surface area contributed by atoms with Gasteiger partial charge in [0.05, 0.1) is 12.1 Å². The SMILES string of the molecule is CNc1nc(N[C@H]2c3ccccc3C[C@H]2O)nc2c(NC)nc(Cl)nc12. The Labute approximate surface area is 155 Å². The summed E-state index contributed by atoms with van der Waals surface area (Å²) in [5.74, 6) is 1.42. The molecule has 3 aromatic rings. The molecule has 1 aromatic carbocycles. The van der Waals surface area contributed by atoms with Crippen molar-refractivity contribution in [3.8, 4) is 0 Å². The molecule has 0 spiro atoms. The van der Waals surface area contributed by atoms with E-state index in [1.165, 1.54) is 0 Å². The Balaban J connectivity index is 1.79. The molecule has 0 saturated heterocycles. The quantitative estimate of drug-likeness (QED) is 0.517. The number of rotatable bonds is 4. The van der Waals surface area contributed by atoms with E-state index in [-0.39, 0.29) is 11.3 Å². The highest BCUT2D eigenvalue weighted by Crippen LogP contribution is 2.34. The van der Waals surface area contributed by atoms with Crippen molar-refractivity contribution >= 4 is 40.2 Å². The van der Waals surface area contributed by atoms with E-state index in [1.54, 1.807) is 14.1 Å². The molecule has 134 valence electrons. The number of aliphatic hydroxyl groups excluding tert-OH is 1. The summed E-state index contributed by atoms with van der Waals surface area (Å²) in [5, 5.41) is 19.8. The second-order valence-electron chi connectivity index (χ2n) is 6.03. The van der Waals surface area contributed by atoms with Gasteiger partial charge in [-0.25, -0.2) is 9.97 Å². The Morgan fingerprint density at radius 1 is 1.00 bits per heavy atom. The fraction of sp³-hybridized carbons (Fsp3) is 0.294. The van der Waals surface area contributed by atoms with Crippen LogP contribution in [0.25, 0.3) is 11.0 Å². The number of aromatic nitrogens is 4. The average Bonchev–Trinajstić information content (AvgIpc) is 2.96. The first-order valence-corrected chi connectivity index (χ1v) is 8.61. The van der Waals surface area contributed by atoms with Crippen LogP contribution in [0.3, 0.4) is 0 Å². The lowest BCUT2D eigenvalue weighted by Gasteiger charge is -2.19. The molecule has 0 fully saturated rings. The van der Waals surface area contributed by atoms with Gasteiger partial charge in [0, 0.05) is 20.5 Å². The summed E-state index contributed by atoms with van der Waals surface area (Å²) >= 11 is 5.99. The van der Waals surface area contributed by atoms with Crippen LogP contribution in [0.2, 0.25) is 5.28 Å². The molecule has 8 nitrogen and oxygen atoms in total. The van der Waals surface area contributed by atoms with Crippen molar-refractivity contribution in [2.75, 3.05) is 30.0 Å². The molecule has 0 bridgehead atoms. The van der Waals surface area contributed by atoms with E-state index in [9.17, 15) is 5.11 Å². The molecule has 4 rings (SSSR count). The summed E-state index contributed by atoms with van der Waals surface area (Å²) in [6, 6.07) is 7.68. The molecular formula is C17H18ClN7O. The van der Waals surface area contributed by atoms with Crippen molar-refractivity contribution in [3.63, 3.8) is 0 Å². The van der Waals surface area contributed by atoms with Crippen LogP contribution in [0.5, 0.6) is 0 Å². The van der Waals surface area contributed by atoms with Crippen molar-refractivity contribution < 1.29 is 5.11 Å². The molecule has 26 heavy (non-hydrogen) atoms. The van der Waals surface area contributed by atoms with Crippen LogP contribution in [-0.4, -0.2) is 45.2 Å². The van der Waals surface area contributed by atoms with Crippen molar-refractivity contribution in [2.45, 2.75) is 18.6 Å². The fourth-order valence-electron chi connectivity index (χ4n) is 3.29. The predicted octanol–water partition coefficient (Wildman–Crippen LogP) is 2.23. The van der Waals surface area contributed by atoms with E-state index in [1.807, 2.05) is 24.3 Å². The maximum atomic E-state index is 10.5. The minimum atomic E-state index is -0.546. The molecule has 9 heteroatoms. The smallest absolute Gasteiger partial charge is 0.226 e. The van der Waals surface area contributed by atoms with Crippen LogP contribution < -0.4 is 16.0 Å². The van der Waals surface area contributed by atoms with Gasteiger partial charge in [-0.3, -0.25) is 0 Å². The van der Waals surface area contributed by atoms with Crippen molar-refractivity contribution in [2.24, 2.45) is 0 Å². The van der Waals surface area contributed by atoms with Crippen molar-refractivity contribution in [3.05, 3.63) is 40.7 Å². The Morgan fingerprint density at radius 2 is 1.69 bits per heavy atom. The fourth-order valence-corrected chi connectivity index (χ4v) is 3.46. The maximum Gasteiger partial charge on any atom is 0.226 e. The van der Waals surface area contributed by atoms with E-state index in [0.717, 1.165) is 11.1 Å². The topological polar surface area (TPSA) is 108 Å². The summed E-state index contributed by atoms with van der Waals surface area (Å²) in [6.07, 6.45) is 0.0517. The molecule has 4 N–H and O–H groups in total. The monoisotopic (exact) mass is 371 g/mol. The highest BCUT2D eigenvalue weighted by atomic mass is 35.5. The van der Waals surface area contributed by atoms with Gasteiger partial charge in [0.25, 0.3) is 0 Å². The molecule has 1 aliphatic carbocycles. The van der Waals surface area contributed by atoms with Gasteiger partial charge in [0.15, 0.2) is 11.6 Å². The zero-order chi connectivity index (χ0) is 18.3. The van der Waals surface area contributed by atoms with Crippen LogP contribution >= 0.6 is 11.6 Å². The second-order valence-corrected chi connectivity index (χ2v) is 6.36. The Bertz CT molecular complexity index is 981. The summed E-state index contributed by atoms with van der Waals surface area (Å²) in [7, 11) is 3.49. The molecule has 2 heterocycles. The standard InChI is InChI=1S/C17H18ClN7O/c1-19-14-13-12(21-16(18)24-14)15(20-2)25-17(23-13)22-11-9-6-4-3-5-8(9)7-10(11)26/h3-6,10-11,26H,7H2,1-2H3,(H,19,21,24)(H2,20,22,23,25)/t10-,11+/m1/s1. The molecule has 0 radical (unpaired) electrons. The predicted molar refractivity (Wildman–Crippen MR) is 102 cm³/mol. The van der Waals surface area contributed by atoms with Gasteiger partial charge in [0.1, 0.15) is 11.0 Å². The van der Waals surface area contributed by atoms with Crippen LogP contribution in [0, 0.1) is 0 Å². The van der Waals surface area contributed by atoms with E-state index in [0.29, 0.717) is 35.0 Å².